The highest BCUT2D eigenvalue weighted by Gasteiger charge is 2.26. The minimum absolute atomic E-state index is 0. The van der Waals surface area contributed by atoms with E-state index in [1.165, 1.54) is 4.31 Å². The van der Waals surface area contributed by atoms with Crippen molar-refractivity contribution < 1.29 is 13.2 Å². The first-order valence-corrected chi connectivity index (χ1v) is 6.98. The summed E-state index contributed by atoms with van der Waals surface area (Å²) in [6, 6.07) is -0.0133. The van der Waals surface area contributed by atoms with E-state index in [0.29, 0.717) is 19.7 Å². The lowest BCUT2D eigenvalue weighted by molar-refractivity contribution is 0.162. The smallest absolute Gasteiger partial charge is 0.216 e. The first kappa shape index (κ1) is 16.1. The Balaban J connectivity index is 0.00000225. The first-order chi connectivity index (χ1) is 7.06. The van der Waals surface area contributed by atoms with Gasteiger partial charge in [0, 0.05) is 25.7 Å². The van der Waals surface area contributed by atoms with Gasteiger partial charge in [0.1, 0.15) is 0 Å². The van der Waals surface area contributed by atoms with Gasteiger partial charge in [0.2, 0.25) is 10.0 Å². The molecule has 1 rings (SSSR count). The van der Waals surface area contributed by atoms with Crippen molar-refractivity contribution in [2.75, 3.05) is 32.1 Å². The van der Waals surface area contributed by atoms with E-state index in [1.54, 1.807) is 0 Å². The maximum atomic E-state index is 11.8. The van der Waals surface area contributed by atoms with Gasteiger partial charge in [-0.3, -0.25) is 0 Å². The maximum Gasteiger partial charge on any atom is 0.216 e. The molecule has 2 N–H and O–H groups in total. The number of sulfonamides is 1. The molecule has 98 valence electrons. The van der Waals surface area contributed by atoms with Crippen LogP contribution in [0.3, 0.4) is 0 Å². The van der Waals surface area contributed by atoms with Crippen LogP contribution < -0.4 is 5.73 Å². The van der Waals surface area contributed by atoms with Crippen LogP contribution in [0, 0.1) is 0 Å². The summed E-state index contributed by atoms with van der Waals surface area (Å²) in [5.41, 5.74) is 5.74. The van der Waals surface area contributed by atoms with Gasteiger partial charge in [-0.15, -0.1) is 12.4 Å². The predicted molar refractivity (Wildman–Crippen MR) is 66.3 cm³/mol. The quantitative estimate of drug-likeness (QED) is 0.726. The molecular formula is C9H21ClN2O3S. The third kappa shape index (κ3) is 4.97. The predicted octanol–water partition coefficient (Wildman–Crippen LogP) is 0.198. The molecule has 0 spiro atoms. The number of hydrogen-bond donors (Lipinski definition) is 1. The van der Waals surface area contributed by atoms with Crippen LogP contribution in [-0.4, -0.2) is 50.8 Å². The van der Waals surface area contributed by atoms with E-state index in [-0.39, 0.29) is 30.8 Å². The molecule has 0 bridgehead atoms. The summed E-state index contributed by atoms with van der Waals surface area (Å²) in [5.74, 6) is 0.0631. The summed E-state index contributed by atoms with van der Waals surface area (Å²) in [7, 11) is -3.16. The Bertz CT molecular complexity index is 284. The molecule has 16 heavy (non-hydrogen) atoms. The first-order valence-electron chi connectivity index (χ1n) is 5.37. The molecule has 0 radical (unpaired) electrons. The van der Waals surface area contributed by atoms with E-state index in [9.17, 15) is 8.42 Å². The zero-order valence-electron chi connectivity index (χ0n) is 9.59. The van der Waals surface area contributed by atoms with Crippen molar-refractivity contribution in [3.8, 4) is 0 Å². The molecule has 1 saturated heterocycles. The van der Waals surface area contributed by atoms with Gasteiger partial charge in [-0.25, -0.2) is 12.7 Å². The van der Waals surface area contributed by atoms with E-state index in [1.807, 2.05) is 6.92 Å². The Hall–Kier alpha value is 0.120. The molecule has 0 aliphatic carbocycles. The van der Waals surface area contributed by atoms with E-state index < -0.39 is 10.0 Å². The molecule has 1 atom stereocenters. The number of rotatable bonds is 5. The Morgan fingerprint density at radius 3 is 2.75 bits per heavy atom. The van der Waals surface area contributed by atoms with Crippen molar-refractivity contribution in [2.45, 2.75) is 25.8 Å². The standard InChI is InChI=1S/C9H20N2O3S.ClH/c1-2-14-6-7-15(12,13)11-5-3-4-9(10)8-11;/h9H,2-8,10H2,1H3;1H. The van der Waals surface area contributed by atoms with Gasteiger partial charge in [0.05, 0.1) is 12.4 Å². The average molecular weight is 273 g/mol. The second-order valence-corrected chi connectivity index (χ2v) is 5.86. The van der Waals surface area contributed by atoms with Gasteiger partial charge in [0.15, 0.2) is 0 Å². The zero-order chi connectivity index (χ0) is 11.3. The van der Waals surface area contributed by atoms with Crippen molar-refractivity contribution in [2.24, 2.45) is 5.73 Å². The monoisotopic (exact) mass is 272 g/mol. The molecule has 0 aromatic heterocycles. The molecule has 7 heteroatoms. The van der Waals surface area contributed by atoms with E-state index in [0.717, 1.165) is 12.8 Å². The normalized spacial score (nSPS) is 22.8. The fraction of sp³-hybridized carbons (Fsp3) is 1.00. The number of nitrogens with zero attached hydrogens (tertiary/aromatic N) is 1. The second-order valence-electron chi connectivity index (χ2n) is 3.77. The van der Waals surface area contributed by atoms with E-state index in [4.69, 9.17) is 10.5 Å². The van der Waals surface area contributed by atoms with Crippen LogP contribution in [0.2, 0.25) is 0 Å². The molecule has 0 aromatic carbocycles. The number of ether oxygens (including phenoxy) is 1. The molecule has 1 aliphatic rings. The van der Waals surface area contributed by atoms with Crippen molar-refractivity contribution in [3.63, 3.8) is 0 Å². The Kier molecular flexibility index (Phi) is 7.50. The van der Waals surface area contributed by atoms with Gasteiger partial charge in [-0.05, 0) is 19.8 Å². The van der Waals surface area contributed by atoms with Crippen LogP contribution in [0.4, 0.5) is 0 Å². The molecule has 0 aromatic rings. The summed E-state index contributed by atoms with van der Waals surface area (Å²) < 4.78 is 30.1. The Morgan fingerprint density at radius 2 is 2.19 bits per heavy atom. The van der Waals surface area contributed by atoms with Gasteiger partial charge in [-0.2, -0.15) is 0 Å². The summed E-state index contributed by atoms with van der Waals surface area (Å²) in [4.78, 5) is 0. The molecule has 0 amide bonds. The third-order valence-corrected chi connectivity index (χ3v) is 4.30. The van der Waals surface area contributed by atoms with Gasteiger partial charge >= 0.3 is 0 Å². The summed E-state index contributed by atoms with van der Waals surface area (Å²) >= 11 is 0. The van der Waals surface area contributed by atoms with Gasteiger partial charge in [-0.1, -0.05) is 0 Å². The third-order valence-electron chi connectivity index (χ3n) is 2.50. The van der Waals surface area contributed by atoms with Crippen LogP contribution in [0.1, 0.15) is 19.8 Å². The van der Waals surface area contributed by atoms with Gasteiger partial charge < -0.3 is 10.5 Å². The lowest BCUT2D eigenvalue weighted by atomic mass is 10.1. The number of halogens is 1. The van der Waals surface area contributed by atoms with Crippen LogP contribution in [-0.2, 0) is 14.8 Å². The SMILES string of the molecule is CCOCCS(=O)(=O)N1CCCC(N)C1.Cl. The minimum Gasteiger partial charge on any atom is -0.381 e. The average Bonchev–Trinajstić information content (AvgIpc) is 2.18. The number of piperidine rings is 1. The molecule has 0 saturated carbocycles. The van der Waals surface area contributed by atoms with E-state index >= 15 is 0 Å². The highest BCUT2D eigenvalue weighted by Crippen LogP contribution is 2.12. The van der Waals surface area contributed by atoms with Crippen LogP contribution in [0.15, 0.2) is 0 Å². The largest absolute Gasteiger partial charge is 0.381 e. The van der Waals surface area contributed by atoms with E-state index in [2.05, 4.69) is 0 Å². The lowest BCUT2D eigenvalue weighted by Gasteiger charge is -2.29. The summed E-state index contributed by atoms with van der Waals surface area (Å²) in [6.45, 7) is 3.72. The van der Waals surface area contributed by atoms with Crippen molar-refractivity contribution >= 4 is 22.4 Å². The molecule has 5 nitrogen and oxygen atoms in total. The maximum absolute atomic E-state index is 11.8. The Labute approximate surface area is 104 Å². The second kappa shape index (κ2) is 7.45. The lowest BCUT2D eigenvalue weighted by Crippen LogP contribution is -2.46. The molecule has 1 aliphatic heterocycles. The molecule has 1 heterocycles. The highest BCUT2D eigenvalue weighted by atomic mass is 35.5. The molecule has 1 unspecified atom stereocenters. The van der Waals surface area contributed by atoms with Crippen molar-refractivity contribution in [1.29, 1.82) is 0 Å². The fourth-order valence-electron chi connectivity index (χ4n) is 1.66. The number of hydrogen-bond acceptors (Lipinski definition) is 4. The summed E-state index contributed by atoms with van der Waals surface area (Å²) in [6.07, 6.45) is 1.77. The van der Waals surface area contributed by atoms with Gasteiger partial charge in [0.25, 0.3) is 0 Å². The zero-order valence-corrected chi connectivity index (χ0v) is 11.2. The topological polar surface area (TPSA) is 72.6 Å². The number of nitrogens with two attached hydrogens (primary N) is 1. The van der Waals surface area contributed by atoms with Crippen LogP contribution in [0.5, 0.6) is 0 Å². The van der Waals surface area contributed by atoms with Crippen LogP contribution in [0.25, 0.3) is 0 Å². The fourth-order valence-corrected chi connectivity index (χ4v) is 3.08. The van der Waals surface area contributed by atoms with Crippen molar-refractivity contribution in [3.05, 3.63) is 0 Å². The highest BCUT2D eigenvalue weighted by molar-refractivity contribution is 7.89. The molecular weight excluding hydrogens is 252 g/mol. The molecule has 1 fully saturated rings. The van der Waals surface area contributed by atoms with Crippen molar-refractivity contribution in [1.82, 2.24) is 4.31 Å². The minimum atomic E-state index is -3.16. The summed E-state index contributed by atoms with van der Waals surface area (Å²) in [5, 5.41) is 0. The Morgan fingerprint density at radius 1 is 1.50 bits per heavy atom. The van der Waals surface area contributed by atoms with Crippen LogP contribution >= 0.6 is 12.4 Å².